The van der Waals surface area contributed by atoms with Crippen LogP contribution in [0.5, 0.6) is 5.75 Å². The molecule has 0 radical (unpaired) electrons. The minimum atomic E-state index is -3.47. The number of ketones is 1. The molecule has 0 fully saturated rings. The lowest BCUT2D eigenvalue weighted by Gasteiger charge is -2.29. The smallest absolute Gasteiger partial charge is 0.526 e. The molecule has 33 heavy (non-hydrogen) atoms. The number of para-hydroxylation sites is 1. The van der Waals surface area contributed by atoms with Crippen LogP contribution in [0.1, 0.15) is 61.1 Å². The average molecular weight is 466 g/mol. The Morgan fingerprint density at radius 2 is 1.97 bits per heavy atom. The Balaban J connectivity index is 1.73. The van der Waals surface area contributed by atoms with Crippen LogP contribution in [0.25, 0.3) is 0 Å². The Morgan fingerprint density at radius 1 is 1.27 bits per heavy atom. The Morgan fingerprint density at radius 3 is 2.64 bits per heavy atom. The van der Waals surface area contributed by atoms with Crippen molar-refractivity contribution < 1.29 is 41.6 Å². The third-order valence-corrected chi connectivity index (χ3v) is 5.39. The van der Waals surface area contributed by atoms with E-state index in [-0.39, 0.29) is 36.0 Å². The van der Waals surface area contributed by atoms with Gasteiger partial charge in [0.05, 0.1) is 0 Å². The van der Waals surface area contributed by atoms with Gasteiger partial charge in [-0.1, -0.05) is 32.9 Å². The van der Waals surface area contributed by atoms with Crippen LogP contribution in [0.3, 0.4) is 0 Å². The first-order valence-corrected chi connectivity index (χ1v) is 10.7. The van der Waals surface area contributed by atoms with Crippen molar-refractivity contribution in [1.82, 2.24) is 0 Å². The van der Waals surface area contributed by atoms with Gasteiger partial charge in [-0.15, -0.1) is 0 Å². The molecule has 1 aliphatic rings. The summed E-state index contributed by atoms with van der Waals surface area (Å²) >= 11 is 0. The Hall–Kier alpha value is -2.95. The van der Waals surface area contributed by atoms with Gasteiger partial charge in [0.1, 0.15) is 11.3 Å². The molecule has 3 rings (SSSR count). The Kier molecular flexibility index (Phi) is 7.41. The van der Waals surface area contributed by atoms with E-state index in [1.54, 1.807) is 12.1 Å². The number of benzene rings is 1. The van der Waals surface area contributed by atoms with E-state index in [0.29, 0.717) is 17.7 Å². The van der Waals surface area contributed by atoms with Crippen LogP contribution >= 0.6 is 0 Å². The first kappa shape index (κ1) is 24.7. The van der Waals surface area contributed by atoms with Gasteiger partial charge in [0.15, 0.2) is 18.1 Å². The number of halogens is 2. The largest absolute Gasteiger partial charge is 0.535 e. The average Bonchev–Trinajstić information content (AvgIpc) is 3.10. The van der Waals surface area contributed by atoms with E-state index < -0.39 is 49.3 Å². The van der Waals surface area contributed by atoms with Crippen molar-refractivity contribution in [2.45, 2.75) is 64.8 Å². The number of ether oxygens (including phenoxy) is 1. The van der Waals surface area contributed by atoms with Crippen LogP contribution in [-0.2, 0) is 29.0 Å². The van der Waals surface area contributed by atoms with Gasteiger partial charge in [0, 0.05) is 25.1 Å². The van der Waals surface area contributed by atoms with Crippen LogP contribution in [0.2, 0.25) is 5.82 Å². The number of hydrogen-bond donors (Lipinski definition) is 1. The van der Waals surface area contributed by atoms with E-state index in [1.807, 2.05) is 13.8 Å². The lowest BCUT2D eigenvalue weighted by Crippen LogP contribution is -2.38. The molecule has 2 heterocycles. The molecule has 0 spiro atoms. The zero-order valence-corrected chi connectivity index (χ0v) is 18.6. The third kappa shape index (κ3) is 5.71. The topological polar surface area (TPSA) is 116 Å². The maximum Gasteiger partial charge on any atom is 0.526 e. The van der Waals surface area contributed by atoms with Crippen molar-refractivity contribution in [1.29, 1.82) is 0 Å². The summed E-state index contributed by atoms with van der Waals surface area (Å²) in [5.41, 5.74) is 0.481. The number of Topliss-reactive ketones (excluding diaryl/α,β-unsaturated/α-hetero) is 1. The summed E-state index contributed by atoms with van der Waals surface area (Å²) in [7, 11) is -1.55. The van der Waals surface area contributed by atoms with Gasteiger partial charge in [-0.25, -0.2) is 9.59 Å². The fourth-order valence-corrected chi connectivity index (χ4v) is 3.58. The second-order valence-corrected chi connectivity index (χ2v) is 8.43. The number of fused-ring (bicyclic) bond motifs is 1. The summed E-state index contributed by atoms with van der Waals surface area (Å²) in [6.07, 6.45) is -0.698. The Bertz CT molecular complexity index is 1070. The van der Waals surface area contributed by atoms with Crippen molar-refractivity contribution >= 4 is 18.9 Å². The number of carbonyl (C=O) groups is 2. The molecule has 0 unspecified atom stereocenters. The molecular formula is C22H25BF2O8. The molecule has 0 amide bonds. The van der Waals surface area contributed by atoms with E-state index >= 15 is 0 Å². The summed E-state index contributed by atoms with van der Waals surface area (Å²) in [4.78, 5) is 36.0. The third-order valence-electron chi connectivity index (χ3n) is 5.39. The van der Waals surface area contributed by atoms with E-state index in [2.05, 4.69) is 0 Å². The number of esters is 1. The van der Waals surface area contributed by atoms with E-state index in [4.69, 9.17) is 18.2 Å². The number of carbonyl (C=O) groups excluding carboxylic acids is 2. The summed E-state index contributed by atoms with van der Waals surface area (Å²) in [5, 5.41) is 10.3. The molecule has 178 valence electrons. The number of alkyl halides is 2. The predicted molar refractivity (Wildman–Crippen MR) is 112 cm³/mol. The van der Waals surface area contributed by atoms with Crippen LogP contribution < -0.4 is 10.5 Å². The number of rotatable bonds is 9. The van der Waals surface area contributed by atoms with E-state index in [9.17, 15) is 28.2 Å². The van der Waals surface area contributed by atoms with Crippen LogP contribution in [-0.4, -0.2) is 29.8 Å². The van der Waals surface area contributed by atoms with Gasteiger partial charge in [-0.05, 0) is 24.0 Å². The maximum absolute atomic E-state index is 13.7. The van der Waals surface area contributed by atoms with Crippen molar-refractivity contribution in [2.75, 3.05) is 0 Å². The lowest BCUT2D eigenvalue weighted by atomic mass is 9.64. The molecule has 1 aromatic carbocycles. The van der Waals surface area contributed by atoms with Gasteiger partial charge in [0.2, 0.25) is 5.78 Å². The summed E-state index contributed by atoms with van der Waals surface area (Å²) in [6, 6.07) is 4.59. The maximum atomic E-state index is 13.7. The first-order valence-electron chi connectivity index (χ1n) is 10.7. The molecule has 1 N–H and O–H groups in total. The molecule has 1 aromatic heterocycles. The number of hydrogen-bond acceptors (Lipinski definition) is 8. The van der Waals surface area contributed by atoms with Gasteiger partial charge in [-0.3, -0.25) is 4.79 Å². The molecule has 0 aliphatic carbocycles. The summed E-state index contributed by atoms with van der Waals surface area (Å²) < 4.78 is 47.9. The fourth-order valence-electron chi connectivity index (χ4n) is 3.58. The first-order chi connectivity index (χ1) is 15.5. The molecule has 0 saturated heterocycles. The van der Waals surface area contributed by atoms with Crippen molar-refractivity contribution in [3.05, 3.63) is 51.5 Å². The summed E-state index contributed by atoms with van der Waals surface area (Å²) in [6.45, 7) is 4.71. The second kappa shape index (κ2) is 9.90. The quantitative estimate of drug-likeness (QED) is 0.441. The highest BCUT2D eigenvalue weighted by Gasteiger charge is 2.43. The summed E-state index contributed by atoms with van der Waals surface area (Å²) in [5.74, 6) is -6.69. The molecule has 1 aliphatic heterocycles. The minimum Gasteiger partial charge on any atom is -0.535 e. The van der Waals surface area contributed by atoms with Crippen LogP contribution in [0.15, 0.2) is 31.8 Å². The van der Waals surface area contributed by atoms with E-state index in [1.165, 1.54) is 13.0 Å². The molecular weight excluding hydrogens is 441 g/mol. The van der Waals surface area contributed by atoms with E-state index in [0.717, 1.165) is 0 Å². The van der Waals surface area contributed by atoms with Crippen molar-refractivity contribution in [3.63, 3.8) is 0 Å². The zero-order chi connectivity index (χ0) is 24.3. The van der Waals surface area contributed by atoms with Crippen molar-refractivity contribution in [3.8, 4) is 5.75 Å². The molecule has 8 nitrogen and oxygen atoms in total. The molecule has 1 atom stereocenters. The normalized spacial score (nSPS) is 15.8. The SMILES string of the molecule is CCC(F)(F)C(=O)C[C@H]1Cc2cccc(C(=O)OCc3oc(=O)oc3CC(C)C)c2OB1O. The lowest BCUT2D eigenvalue weighted by molar-refractivity contribution is -0.143. The van der Waals surface area contributed by atoms with Gasteiger partial charge in [-0.2, -0.15) is 8.78 Å². The molecule has 0 saturated carbocycles. The molecule has 2 aromatic rings. The van der Waals surface area contributed by atoms with Crippen LogP contribution in [0, 0.1) is 5.92 Å². The highest BCUT2D eigenvalue weighted by Crippen LogP contribution is 2.38. The van der Waals surface area contributed by atoms with Crippen molar-refractivity contribution in [2.24, 2.45) is 5.92 Å². The predicted octanol–water partition coefficient (Wildman–Crippen LogP) is 3.58. The van der Waals surface area contributed by atoms with Gasteiger partial charge in [0.25, 0.3) is 0 Å². The minimum absolute atomic E-state index is 0.00599. The highest BCUT2D eigenvalue weighted by atomic mass is 19.3. The Labute approximate surface area is 189 Å². The van der Waals surface area contributed by atoms with Crippen LogP contribution in [0.4, 0.5) is 8.78 Å². The molecule has 0 bridgehead atoms. The standard InChI is InChI=1S/C22H25BF2O8/c1-4-22(24,25)18(26)10-14-9-13-6-5-7-15(19(13)33-23(14)29)20(27)30-11-17-16(8-12(2)3)31-21(28)32-17/h5-7,12,14,29H,4,8-11H2,1-3H3/t14-/m1/s1. The highest BCUT2D eigenvalue weighted by molar-refractivity contribution is 6.47. The van der Waals surface area contributed by atoms with Gasteiger partial charge < -0.3 is 23.2 Å². The second-order valence-electron chi connectivity index (χ2n) is 8.43. The van der Waals surface area contributed by atoms with Gasteiger partial charge >= 0.3 is 24.8 Å². The monoisotopic (exact) mass is 466 g/mol. The zero-order valence-electron chi connectivity index (χ0n) is 18.6. The fraction of sp³-hybridized carbons (Fsp3) is 0.500. The molecule has 11 heteroatoms.